The van der Waals surface area contributed by atoms with Crippen LogP contribution >= 0.6 is 0 Å². The monoisotopic (exact) mass is 398 g/mol. The summed E-state index contributed by atoms with van der Waals surface area (Å²) in [5.41, 5.74) is 10.9. The number of nitrogens with one attached hydrogen (secondary N) is 1. The molecule has 2 heterocycles. The first-order chi connectivity index (χ1) is 14.6. The Kier molecular flexibility index (Phi) is 6.47. The van der Waals surface area contributed by atoms with Gasteiger partial charge < -0.3 is 10.6 Å². The van der Waals surface area contributed by atoms with Crippen LogP contribution in [0.15, 0.2) is 29.4 Å². The van der Waals surface area contributed by atoms with Crippen molar-refractivity contribution in [3.05, 3.63) is 46.5 Å². The molecule has 8 heteroatoms. The van der Waals surface area contributed by atoms with Crippen molar-refractivity contribution in [1.29, 1.82) is 15.8 Å². The number of hydrogen-bond donors (Lipinski definition) is 2. The smallest absolute Gasteiger partial charge is 0.170 e. The van der Waals surface area contributed by atoms with Gasteiger partial charge in [0.1, 0.15) is 41.0 Å². The minimum absolute atomic E-state index is 0.0117. The van der Waals surface area contributed by atoms with Crippen molar-refractivity contribution in [2.24, 2.45) is 5.10 Å². The zero-order valence-corrected chi connectivity index (χ0v) is 16.8. The summed E-state index contributed by atoms with van der Waals surface area (Å²) >= 11 is 0. The summed E-state index contributed by atoms with van der Waals surface area (Å²) in [7, 11) is 0. The predicted molar refractivity (Wildman–Crippen MR) is 116 cm³/mol. The van der Waals surface area contributed by atoms with E-state index >= 15 is 0 Å². The molecular weight excluding hydrogens is 376 g/mol. The SMILES string of the molecule is CCc1ccc(N/N=C(\C#N)c2c(C#N)c(N)nc(N3CCCCC3)c2C#N)cc1. The van der Waals surface area contributed by atoms with Crippen LogP contribution in [0.3, 0.4) is 0 Å². The Bertz CT molecular complexity index is 1070. The highest BCUT2D eigenvalue weighted by molar-refractivity contribution is 6.16. The molecule has 0 amide bonds. The topological polar surface area (TPSA) is 138 Å². The zero-order chi connectivity index (χ0) is 21.5. The molecular formula is C22H22N8. The van der Waals surface area contributed by atoms with Gasteiger partial charge in [0.2, 0.25) is 0 Å². The van der Waals surface area contributed by atoms with Gasteiger partial charge in [-0.15, -0.1) is 0 Å². The molecule has 1 saturated heterocycles. The maximum absolute atomic E-state index is 9.88. The summed E-state index contributed by atoms with van der Waals surface area (Å²) in [4.78, 5) is 6.31. The molecule has 0 spiro atoms. The summed E-state index contributed by atoms with van der Waals surface area (Å²) in [6, 6.07) is 13.7. The standard InChI is InChI=1S/C22H22N8/c1-2-15-6-8-16(9-7-15)28-29-19(14-25)20-17(12-23)21(26)27-22(18(20)13-24)30-10-4-3-5-11-30/h6-9,28H,2-5,10-11H2,1H3,(H2,26,27)/b29-19+. The number of nitriles is 3. The Morgan fingerprint density at radius 1 is 1.10 bits per heavy atom. The lowest BCUT2D eigenvalue weighted by atomic mass is 9.98. The molecule has 2 aromatic rings. The highest BCUT2D eigenvalue weighted by Gasteiger charge is 2.26. The third-order valence-electron chi connectivity index (χ3n) is 5.09. The highest BCUT2D eigenvalue weighted by atomic mass is 15.3. The lowest BCUT2D eigenvalue weighted by molar-refractivity contribution is 0.573. The molecule has 0 aliphatic carbocycles. The van der Waals surface area contributed by atoms with Gasteiger partial charge in [0.25, 0.3) is 0 Å². The van der Waals surface area contributed by atoms with Gasteiger partial charge in [-0.05, 0) is 43.4 Å². The van der Waals surface area contributed by atoms with E-state index in [1.807, 2.05) is 41.3 Å². The van der Waals surface area contributed by atoms with Gasteiger partial charge in [0.05, 0.1) is 11.3 Å². The molecule has 1 aromatic carbocycles. The number of hydrazone groups is 1. The number of nitrogens with two attached hydrogens (primary N) is 1. The molecule has 1 aliphatic heterocycles. The quantitative estimate of drug-likeness (QED) is 0.582. The molecule has 8 nitrogen and oxygen atoms in total. The molecule has 3 N–H and O–H groups in total. The van der Waals surface area contributed by atoms with E-state index in [2.05, 4.69) is 28.5 Å². The fourth-order valence-corrected chi connectivity index (χ4v) is 3.45. The lowest BCUT2D eigenvalue weighted by Gasteiger charge is -2.29. The van der Waals surface area contributed by atoms with Crippen LogP contribution in [0.1, 0.15) is 48.4 Å². The maximum atomic E-state index is 9.88. The van der Waals surface area contributed by atoms with Crippen molar-refractivity contribution in [3.8, 4) is 18.2 Å². The second kappa shape index (κ2) is 9.41. The molecule has 0 unspecified atom stereocenters. The average Bonchev–Trinajstić information content (AvgIpc) is 2.80. The lowest BCUT2D eigenvalue weighted by Crippen LogP contribution is -2.32. The van der Waals surface area contributed by atoms with Crippen molar-refractivity contribution in [2.45, 2.75) is 32.6 Å². The van der Waals surface area contributed by atoms with Gasteiger partial charge in [-0.1, -0.05) is 19.1 Å². The Hall–Kier alpha value is -4.09. The molecule has 30 heavy (non-hydrogen) atoms. The number of anilines is 3. The Morgan fingerprint density at radius 3 is 2.33 bits per heavy atom. The van der Waals surface area contributed by atoms with Crippen molar-refractivity contribution in [3.63, 3.8) is 0 Å². The first-order valence-electron chi connectivity index (χ1n) is 9.84. The third-order valence-corrected chi connectivity index (χ3v) is 5.09. The molecule has 0 atom stereocenters. The van der Waals surface area contributed by atoms with Crippen LogP contribution in [0, 0.1) is 34.0 Å². The summed E-state index contributed by atoms with van der Waals surface area (Å²) in [6.45, 7) is 3.55. The molecule has 1 aromatic heterocycles. The fraction of sp³-hybridized carbons (Fsp3) is 0.318. The Labute approximate surface area is 175 Å². The normalized spacial score (nSPS) is 13.8. The van der Waals surface area contributed by atoms with Crippen LogP contribution < -0.4 is 16.1 Å². The first kappa shape index (κ1) is 20.6. The first-order valence-corrected chi connectivity index (χ1v) is 9.84. The van der Waals surface area contributed by atoms with E-state index in [0.717, 1.165) is 38.8 Å². The van der Waals surface area contributed by atoms with Crippen molar-refractivity contribution in [2.75, 3.05) is 29.1 Å². The number of hydrogen-bond acceptors (Lipinski definition) is 8. The van der Waals surface area contributed by atoms with Crippen molar-refractivity contribution >= 4 is 23.0 Å². The largest absolute Gasteiger partial charge is 0.383 e. The molecule has 150 valence electrons. The van der Waals surface area contributed by atoms with E-state index in [1.165, 1.54) is 5.56 Å². The summed E-state index contributed by atoms with van der Waals surface area (Å²) in [5.74, 6) is 0.390. The maximum Gasteiger partial charge on any atom is 0.170 e. The second-order valence-electron chi connectivity index (χ2n) is 6.95. The minimum Gasteiger partial charge on any atom is -0.383 e. The fourth-order valence-electron chi connectivity index (χ4n) is 3.45. The molecule has 3 rings (SSSR count). The predicted octanol–water partition coefficient (Wildman–Crippen LogP) is 3.30. The van der Waals surface area contributed by atoms with Gasteiger partial charge in [-0.3, -0.25) is 5.43 Å². The number of piperidine rings is 1. The molecule has 1 aliphatic rings. The number of rotatable bonds is 5. The number of nitrogens with zero attached hydrogens (tertiary/aromatic N) is 6. The highest BCUT2D eigenvalue weighted by Crippen LogP contribution is 2.30. The van der Waals surface area contributed by atoms with Crippen LogP contribution in [-0.4, -0.2) is 23.8 Å². The third kappa shape index (κ3) is 4.16. The van der Waals surface area contributed by atoms with Crippen LogP contribution in [0.2, 0.25) is 0 Å². The molecule has 0 saturated carbocycles. The number of nitrogen functional groups attached to an aromatic ring is 1. The van der Waals surface area contributed by atoms with E-state index in [1.54, 1.807) is 0 Å². The van der Waals surface area contributed by atoms with Gasteiger partial charge in [-0.2, -0.15) is 20.9 Å². The zero-order valence-electron chi connectivity index (χ0n) is 16.8. The van der Waals surface area contributed by atoms with E-state index in [4.69, 9.17) is 5.73 Å². The average molecular weight is 398 g/mol. The van der Waals surface area contributed by atoms with Gasteiger partial charge in [0, 0.05) is 13.1 Å². The van der Waals surface area contributed by atoms with Gasteiger partial charge >= 0.3 is 0 Å². The van der Waals surface area contributed by atoms with E-state index in [0.29, 0.717) is 11.5 Å². The van der Waals surface area contributed by atoms with Gasteiger partial charge in [0.15, 0.2) is 5.71 Å². The van der Waals surface area contributed by atoms with E-state index < -0.39 is 0 Å². The minimum atomic E-state index is -0.0879. The van der Waals surface area contributed by atoms with Crippen LogP contribution in [0.5, 0.6) is 0 Å². The Morgan fingerprint density at radius 2 is 1.77 bits per heavy atom. The molecule has 1 fully saturated rings. The Balaban J connectivity index is 2.08. The van der Waals surface area contributed by atoms with Gasteiger partial charge in [-0.25, -0.2) is 4.98 Å². The number of pyridine rings is 1. The van der Waals surface area contributed by atoms with Crippen LogP contribution in [0.25, 0.3) is 0 Å². The number of benzene rings is 1. The van der Waals surface area contributed by atoms with Crippen molar-refractivity contribution < 1.29 is 0 Å². The van der Waals surface area contributed by atoms with Crippen LogP contribution in [-0.2, 0) is 6.42 Å². The van der Waals surface area contributed by atoms with Crippen molar-refractivity contribution in [1.82, 2.24) is 4.98 Å². The second-order valence-corrected chi connectivity index (χ2v) is 6.95. The number of aromatic nitrogens is 1. The summed E-state index contributed by atoms with van der Waals surface area (Å²) < 4.78 is 0. The van der Waals surface area contributed by atoms with Crippen LogP contribution in [0.4, 0.5) is 17.3 Å². The molecule has 0 radical (unpaired) electrons. The van der Waals surface area contributed by atoms with E-state index in [-0.39, 0.29) is 28.2 Å². The summed E-state index contributed by atoms with van der Waals surface area (Å²) in [5, 5.41) is 33.4. The number of aryl methyl sites for hydroxylation is 1. The van der Waals surface area contributed by atoms with E-state index in [9.17, 15) is 15.8 Å². The molecule has 0 bridgehead atoms. The summed E-state index contributed by atoms with van der Waals surface area (Å²) in [6.07, 6.45) is 3.99.